The summed E-state index contributed by atoms with van der Waals surface area (Å²) >= 11 is 0. The number of urea groups is 1. The fourth-order valence-electron chi connectivity index (χ4n) is 3.17. The Morgan fingerprint density at radius 1 is 1.29 bits per heavy atom. The zero-order valence-electron chi connectivity index (χ0n) is 14.1. The van der Waals surface area contributed by atoms with E-state index in [0.29, 0.717) is 6.54 Å². The molecular weight excluding hydrogens is 302 g/mol. The number of benzene rings is 1. The number of hydrogen-bond donors (Lipinski definition) is 1. The third kappa shape index (κ3) is 4.61. The minimum absolute atomic E-state index is 0.0252. The largest absolute Gasteiger partial charge is 0.472 e. The lowest BCUT2D eigenvalue weighted by Gasteiger charge is -2.34. The number of furan rings is 1. The monoisotopic (exact) mass is 327 g/mol. The van der Waals surface area contributed by atoms with E-state index in [-0.39, 0.29) is 12.1 Å². The highest BCUT2D eigenvalue weighted by Crippen LogP contribution is 2.14. The van der Waals surface area contributed by atoms with E-state index in [0.717, 1.165) is 38.0 Å². The topological polar surface area (TPSA) is 48.7 Å². The first kappa shape index (κ1) is 16.6. The van der Waals surface area contributed by atoms with E-state index in [1.54, 1.807) is 17.4 Å². The van der Waals surface area contributed by atoms with Crippen LogP contribution in [-0.4, -0.2) is 42.0 Å². The van der Waals surface area contributed by atoms with Crippen LogP contribution in [0.1, 0.15) is 24.0 Å². The zero-order chi connectivity index (χ0) is 16.8. The molecule has 1 atom stereocenters. The molecule has 0 bridgehead atoms. The number of nitrogens with one attached hydrogen (secondary N) is 1. The summed E-state index contributed by atoms with van der Waals surface area (Å²) in [5.41, 5.74) is 2.32. The molecule has 1 unspecified atom stereocenters. The molecular formula is C19H25N3O2. The van der Waals surface area contributed by atoms with Gasteiger partial charge in [0.25, 0.3) is 0 Å². The number of amides is 2. The molecule has 5 nitrogen and oxygen atoms in total. The molecule has 1 fully saturated rings. The Hall–Kier alpha value is -2.27. The number of nitrogens with zero attached hydrogens (tertiary/aromatic N) is 2. The van der Waals surface area contributed by atoms with Crippen LogP contribution in [0.5, 0.6) is 0 Å². The van der Waals surface area contributed by atoms with E-state index >= 15 is 0 Å². The average Bonchev–Trinajstić information content (AvgIpc) is 3.09. The number of carbonyl (C=O) groups is 1. The molecule has 1 saturated heterocycles. The normalized spacial score (nSPS) is 18.3. The maximum atomic E-state index is 12.4. The predicted octanol–water partition coefficient (Wildman–Crippen LogP) is 3.09. The Labute approximate surface area is 143 Å². The molecule has 1 aliphatic rings. The summed E-state index contributed by atoms with van der Waals surface area (Å²) in [6.07, 6.45) is 5.45. The van der Waals surface area contributed by atoms with Crippen LogP contribution in [0.25, 0.3) is 0 Å². The fourth-order valence-corrected chi connectivity index (χ4v) is 3.17. The van der Waals surface area contributed by atoms with Crippen molar-refractivity contribution in [1.29, 1.82) is 0 Å². The molecule has 0 aliphatic carbocycles. The van der Waals surface area contributed by atoms with E-state index in [9.17, 15) is 4.79 Å². The summed E-state index contributed by atoms with van der Waals surface area (Å²) in [7, 11) is 1.81. The minimum Gasteiger partial charge on any atom is -0.472 e. The number of likely N-dealkylation sites (tertiary alicyclic amines) is 1. The quantitative estimate of drug-likeness (QED) is 0.918. The van der Waals surface area contributed by atoms with Crippen molar-refractivity contribution in [2.24, 2.45) is 0 Å². The number of carbonyl (C=O) groups excluding carboxylic acids is 1. The van der Waals surface area contributed by atoms with Crippen LogP contribution in [0.4, 0.5) is 4.79 Å². The van der Waals surface area contributed by atoms with Crippen molar-refractivity contribution in [3.8, 4) is 0 Å². The number of hydrogen-bond acceptors (Lipinski definition) is 3. The fraction of sp³-hybridized carbons (Fsp3) is 0.421. The van der Waals surface area contributed by atoms with Gasteiger partial charge in [0.05, 0.1) is 19.1 Å². The number of piperidine rings is 1. The van der Waals surface area contributed by atoms with Gasteiger partial charge in [-0.1, -0.05) is 30.3 Å². The summed E-state index contributed by atoms with van der Waals surface area (Å²) in [5, 5.41) is 3.16. The molecule has 2 amide bonds. The van der Waals surface area contributed by atoms with E-state index in [4.69, 9.17) is 4.42 Å². The second-order valence-electron chi connectivity index (χ2n) is 6.50. The van der Waals surface area contributed by atoms with Gasteiger partial charge < -0.3 is 14.6 Å². The Balaban J connectivity index is 1.48. The van der Waals surface area contributed by atoms with Crippen molar-refractivity contribution < 1.29 is 9.21 Å². The number of rotatable bonds is 5. The third-order valence-electron chi connectivity index (χ3n) is 4.43. The molecule has 1 aromatic carbocycles. The van der Waals surface area contributed by atoms with Gasteiger partial charge in [0, 0.05) is 31.7 Å². The van der Waals surface area contributed by atoms with Gasteiger partial charge in [0.15, 0.2) is 0 Å². The van der Waals surface area contributed by atoms with Gasteiger partial charge in [-0.2, -0.15) is 0 Å². The molecule has 0 spiro atoms. The van der Waals surface area contributed by atoms with Crippen molar-refractivity contribution >= 4 is 6.03 Å². The first-order valence-electron chi connectivity index (χ1n) is 8.49. The van der Waals surface area contributed by atoms with Gasteiger partial charge in [0.2, 0.25) is 0 Å². The minimum atomic E-state index is -0.0252. The average molecular weight is 327 g/mol. The Morgan fingerprint density at radius 3 is 2.88 bits per heavy atom. The summed E-state index contributed by atoms with van der Waals surface area (Å²) < 4.78 is 5.05. The molecule has 3 rings (SSSR count). The highest BCUT2D eigenvalue weighted by molar-refractivity contribution is 5.74. The predicted molar refractivity (Wildman–Crippen MR) is 93.4 cm³/mol. The van der Waals surface area contributed by atoms with E-state index in [1.165, 1.54) is 5.56 Å². The lowest BCUT2D eigenvalue weighted by atomic mass is 10.0. The standard InChI is InChI=1S/C19H25N3O2/c1-21(12-17-9-11-24-15-17)19(23)20-18-8-5-10-22(14-18)13-16-6-3-2-4-7-16/h2-4,6-7,9,11,15,18H,5,8,10,12-14H2,1H3,(H,20,23). The lowest BCUT2D eigenvalue weighted by Crippen LogP contribution is -2.50. The first-order valence-corrected chi connectivity index (χ1v) is 8.49. The van der Waals surface area contributed by atoms with E-state index in [2.05, 4.69) is 34.5 Å². The van der Waals surface area contributed by atoms with Crippen LogP contribution in [0.3, 0.4) is 0 Å². The van der Waals surface area contributed by atoms with Gasteiger partial charge in [-0.05, 0) is 31.0 Å². The van der Waals surface area contributed by atoms with Crippen LogP contribution < -0.4 is 5.32 Å². The van der Waals surface area contributed by atoms with Gasteiger partial charge in [-0.25, -0.2) is 4.79 Å². The summed E-state index contributed by atoms with van der Waals surface area (Å²) in [4.78, 5) is 16.5. The second kappa shape index (κ2) is 8.02. The summed E-state index contributed by atoms with van der Waals surface area (Å²) in [5.74, 6) is 0. The third-order valence-corrected chi connectivity index (χ3v) is 4.43. The van der Waals surface area contributed by atoms with Gasteiger partial charge in [-0.3, -0.25) is 4.90 Å². The Kier molecular flexibility index (Phi) is 5.54. The molecule has 24 heavy (non-hydrogen) atoms. The van der Waals surface area contributed by atoms with E-state index < -0.39 is 0 Å². The van der Waals surface area contributed by atoms with Crippen molar-refractivity contribution in [1.82, 2.24) is 15.1 Å². The molecule has 1 aromatic heterocycles. The van der Waals surface area contributed by atoms with Crippen LogP contribution in [0.15, 0.2) is 53.3 Å². The van der Waals surface area contributed by atoms with Crippen molar-refractivity contribution in [2.75, 3.05) is 20.1 Å². The molecule has 1 N–H and O–H groups in total. The van der Waals surface area contributed by atoms with Crippen LogP contribution in [0, 0.1) is 0 Å². The molecule has 128 valence electrons. The Morgan fingerprint density at radius 2 is 2.12 bits per heavy atom. The zero-order valence-corrected chi connectivity index (χ0v) is 14.1. The smallest absolute Gasteiger partial charge is 0.317 e. The molecule has 2 aromatic rings. The van der Waals surface area contributed by atoms with Crippen LogP contribution in [0.2, 0.25) is 0 Å². The van der Waals surface area contributed by atoms with Crippen LogP contribution >= 0.6 is 0 Å². The second-order valence-corrected chi connectivity index (χ2v) is 6.50. The first-order chi connectivity index (χ1) is 11.7. The molecule has 1 aliphatic heterocycles. The lowest BCUT2D eigenvalue weighted by molar-refractivity contribution is 0.167. The van der Waals surface area contributed by atoms with E-state index in [1.807, 2.05) is 19.2 Å². The molecule has 5 heteroatoms. The summed E-state index contributed by atoms with van der Waals surface area (Å²) in [6.45, 7) is 3.49. The Bertz CT molecular complexity index is 627. The molecule has 2 heterocycles. The summed E-state index contributed by atoms with van der Waals surface area (Å²) in [6, 6.07) is 12.6. The van der Waals surface area contributed by atoms with Gasteiger partial charge in [-0.15, -0.1) is 0 Å². The highest BCUT2D eigenvalue weighted by Gasteiger charge is 2.22. The maximum Gasteiger partial charge on any atom is 0.317 e. The van der Waals surface area contributed by atoms with Crippen LogP contribution in [-0.2, 0) is 13.1 Å². The molecule has 0 radical (unpaired) electrons. The van der Waals surface area contributed by atoms with Crippen molar-refractivity contribution in [2.45, 2.75) is 32.0 Å². The SMILES string of the molecule is CN(Cc1ccoc1)C(=O)NC1CCCN(Cc2ccccc2)C1. The van der Waals surface area contributed by atoms with Crippen molar-refractivity contribution in [3.05, 3.63) is 60.1 Å². The maximum absolute atomic E-state index is 12.4. The van der Waals surface area contributed by atoms with Gasteiger partial charge in [0.1, 0.15) is 0 Å². The van der Waals surface area contributed by atoms with Gasteiger partial charge >= 0.3 is 6.03 Å². The molecule has 0 saturated carbocycles. The van der Waals surface area contributed by atoms with Crippen molar-refractivity contribution in [3.63, 3.8) is 0 Å². The highest BCUT2D eigenvalue weighted by atomic mass is 16.3.